The van der Waals surface area contributed by atoms with Crippen LogP contribution in [0, 0.1) is 0 Å². The van der Waals surface area contributed by atoms with Crippen LogP contribution in [0.25, 0.3) is 10.8 Å². The Labute approximate surface area is 193 Å². The lowest BCUT2D eigenvalue weighted by Gasteiger charge is -2.46. The number of anilines is 1. The highest BCUT2D eigenvalue weighted by molar-refractivity contribution is 7.07. The fourth-order valence-corrected chi connectivity index (χ4v) is 6.02. The molecule has 3 nitrogen and oxygen atoms in total. The molecular weight excluding hydrogens is 412 g/mol. The molecule has 1 spiro atoms. The Morgan fingerprint density at radius 1 is 0.969 bits per heavy atom. The average molecular weight is 439 g/mol. The molecule has 2 aliphatic rings. The number of fused-ring (bicyclic) bond motifs is 4. The maximum atomic E-state index is 6.97. The first-order valence-electron chi connectivity index (χ1n) is 11.2. The smallest absolute Gasteiger partial charge is 0.228 e. The molecule has 1 aromatic heterocycles. The van der Waals surface area contributed by atoms with Gasteiger partial charge in [-0.05, 0) is 72.2 Å². The molecule has 4 heteroatoms. The van der Waals surface area contributed by atoms with Crippen LogP contribution in [0.5, 0.6) is 5.75 Å². The molecule has 1 atom stereocenters. The van der Waals surface area contributed by atoms with Crippen LogP contribution in [-0.2, 0) is 11.8 Å². The van der Waals surface area contributed by atoms with Gasteiger partial charge >= 0.3 is 0 Å². The van der Waals surface area contributed by atoms with E-state index in [2.05, 4.69) is 102 Å². The van der Waals surface area contributed by atoms with Gasteiger partial charge in [-0.3, -0.25) is 4.99 Å². The van der Waals surface area contributed by atoms with Crippen LogP contribution in [0.2, 0.25) is 0 Å². The number of aliphatic imine (C=N–C) groups is 1. The summed E-state index contributed by atoms with van der Waals surface area (Å²) in [5.41, 5.74) is 3.99. The van der Waals surface area contributed by atoms with Gasteiger partial charge in [0.05, 0.1) is 11.6 Å². The van der Waals surface area contributed by atoms with Crippen molar-refractivity contribution in [1.82, 2.24) is 0 Å². The van der Waals surface area contributed by atoms with Crippen molar-refractivity contribution in [2.24, 2.45) is 4.99 Å². The quantitative estimate of drug-likeness (QED) is 0.339. The maximum Gasteiger partial charge on any atom is 0.228 e. The van der Waals surface area contributed by atoms with Gasteiger partial charge in [0.15, 0.2) is 0 Å². The summed E-state index contributed by atoms with van der Waals surface area (Å²) in [6, 6.07) is 23.5. The zero-order valence-corrected chi connectivity index (χ0v) is 19.2. The van der Waals surface area contributed by atoms with Gasteiger partial charge in [0.25, 0.3) is 0 Å². The van der Waals surface area contributed by atoms with Gasteiger partial charge in [0, 0.05) is 17.6 Å². The summed E-state index contributed by atoms with van der Waals surface area (Å²) in [6.45, 7) is 5.47. The summed E-state index contributed by atoms with van der Waals surface area (Å²) in [5, 5.41) is 6.72. The van der Waals surface area contributed by atoms with E-state index in [9.17, 15) is 0 Å². The number of hydrogen-bond acceptors (Lipinski definition) is 4. The number of thiophene rings is 1. The van der Waals surface area contributed by atoms with Crippen molar-refractivity contribution in [3.05, 3.63) is 88.6 Å². The molecule has 4 aromatic rings. The standard InChI is InChI=1S/C28H26N2OS/c1-27(2)23-11-5-6-12-24(23)30(16-7-8-20-15-17-32-18-20)28(27)19-29-26-22-10-4-3-9-21(22)13-14-25(26)31-28/h3-6,9-15,17-19H,7-8,16H2,1-2H3. The lowest BCUT2D eigenvalue weighted by atomic mass is 9.77. The van der Waals surface area contributed by atoms with Crippen molar-refractivity contribution in [2.45, 2.75) is 37.8 Å². The van der Waals surface area contributed by atoms with Crippen LogP contribution < -0.4 is 9.64 Å². The normalized spacial score (nSPS) is 20.4. The number of hydrogen-bond donors (Lipinski definition) is 0. The van der Waals surface area contributed by atoms with Crippen molar-refractivity contribution < 1.29 is 4.74 Å². The van der Waals surface area contributed by atoms with Crippen LogP contribution in [0.3, 0.4) is 0 Å². The highest BCUT2D eigenvalue weighted by atomic mass is 32.1. The molecule has 32 heavy (non-hydrogen) atoms. The first kappa shape index (κ1) is 19.6. The largest absolute Gasteiger partial charge is 0.459 e. The van der Waals surface area contributed by atoms with Crippen LogP contribution >= 0.6 is 11.3 Å². The van der Waals surface area contributed by atoms with Gasteiger partial charge in [-0.15, -0.1) is 0 Å². The van der Waals surface area contributed by atoms with E-state index in [4.69, 9.17) is 9.73 Å². The van der Waals surface area contributed by atoms with Gasteiger partial charge in [-0.25, -0.2) is 0 Å². The van der Waals surface area contributed by atoms with E-state index < -0.39 is 5.72 Å². The Morgan fingerprint density at radius 2 is 1.81 bits per heavy atom. The van der Waals surface area contributed by atoms with Crippen LogP contribution in [-0.4, -0.2) is 18.5 Å². The maximum absolute atomic E-state index is 6.97. The number of para-hydroxylation sites is 1. The summed E-state index contributed by atoms with van der Waals surface area (Å²) in [5.74, 6) is 0.856. The van der Waals surface area contributed by atoms with Gasteiger partial charge in [0.1, 0.15) is 11.4 Å². The number of benzene rings is 3. The molecule has 0 saturated carbocycles. The minimum atomic E-state index is -0.652. The molecule has 0 radical (unpaired) electrons. The number of ether oxygens (including phenoxy) is 1. The molecule has 3 aromatic carbocycles. The van der Waals surface area contributed by atoms with Crippen molar-refractivity contribution in [3.63, 3.8) is 0 Å². The summed E-state index contributed by atoms with van der Waals surface area (Å²) in [7, 11) is 0. The number of rotatable bonds is 4. The third-order valence-corrected chi connectivity index (χ3v) is 7.82. The monoisotopic (exact) mass is 438 g/mol. The summed E-state index contributed by atoms with van der Waals surface area (Å²) in [6.07, 6.45) is 4.19. The average Bonchev–Trinajstić information content (AvgIpc) is 3.40. The fourth-order valence-electron chi connectivity index (χ4n) is 5.32. The summed E-state index contributed by atoms with van der Waals surface area (Å²) >= 11 is 1.77. The highest BCUT2D eigenvalue weighted by Crippen LogP contribution is 2.54. The Morgan fingerprint density at radius 3 is 2.69 bits per heavy atom. The second-order valence-electron chi connectivity index (χ2n) is 9.22. The molecular formula is C28H26N2OS. The SMILES string of the molecule is CC1(C)c2ccccc2N(CCCc2ccsc2)C12C=Nc1c(ccc3ccccc13)O2. The Balaban J connectivity index is 1.43. The molecule has 6 rings (SSSR count). The molecule has 0 bridgehead atoms. The van der Waals surface area contributed by atoms with E-state index in [1.165, 1.54) is 22.2 Å². The molecule has 3 heterocycles. The number of aryl methyl sites for hydroxylation is 1. The van der Waals surface area contributed by atoms with E-state index in [1.54, 1.807) is 11.3 Å². The number of nitrogens with zero attached hydrogens (tertiary/aromatic N) is 2. The molecule has 0 amide bonds. The minimum absolute atomic E-state index is 0.251. The predicted octanol–water partition coefficient (Wildman–Crippen LogP) is 7.12. The van der Waals surface area contributed by atoms with E-state index in [-0.39, 0.29) is 5.41 Å². The second-order valence-corrected chi connectivity index (χ2v) is 10.00. The van der Waals surface area contributed by atoms with Crippen molar-refractivity contribution in [2.75, 3.05) is 11.4 Å². The first-order chi connectivity index (χ1) is 15.6. The lowest BCUT2D eigenvalue weighted by molar-refractivity contribution is 0.0776. The Hall–Kier alpha value is -3.11. The van der Waals surface area contributed by atoms with Crippen LogP contribution in [0.1, 0.15) is 31.4 Å². The van der Waals surface area contributed by atoms with Gasteiger partial charge in [-0.1, -0.05) is 48.5 Å². The zero-order valence-electron chi connectivity index (χ0n) is 18.4. The van der Waals surface area contributed by atoms with Crippen molar-refractivity contribution in [1.29, 1.82) is 0 Å². The summed E-state index contributed by atoms with van der Waals surface area (Å²) in [4.78, 5) is 7.49. The molecule has 1 unspecified atom stereocenters. The third-order valence-electron chi connectivity index (χ3n) is 7.09. The van der Waals surface area contributed by atoms with Crippen LogP contribution in [0.15, 0.2) is 82.5 Å². The Kier molecular flexibility index (Phi) is 4.41. The van der Waals surface area contributed by atoms with Gasteiger partial charge < -0.3 is 9.64 Å². The summed E-state index contributed by atoms with van der Waals surface area (Å²) < 4.78 is 6.97. The van der Waals surface area contributed by atoms with Crippen molar-refractivity contribution in [3.8, 4) is 5.75 Å². The van der Waals surface area contributed by atoms with E-state index >= 15 is 0 Å². The van der Waals surface area contributed by atoms with Crippen molar-refractivity contribution >= 4 is 39.7 Å². The fraction of sp³-hybridized carbons (Fsp3) is 0.250. The Bertz CT molecular complexity index is 1320. The van der Waals surface area contributed by atoms with E-state index in [1.807, 2.05) is 0 Å². The molecule has 160 valence electrons. The van der Waals surface area contributed by atoms with E-state index in [0.29, 0.717) is 0 Å². The van der Waals surface area contributed by atoms with Gasteiger partial charge in [-0.2, -0.15) is 11.3 Å². The van der Waals surface area contributed by atoms with Crippen LogP contribution in [0.4, 0.5) is 11.4 Å². The lowest BCUT2D eigenvalue weighted by Crippen LogP contribution is -2.62. The molecule has 0 saturated heterocycles. The van der Waals surface area contributed by atoms with E-state index in [0.717, 1.165) is 36.2 Å². The second kappa shape index (κ2) is 7.21. The molecule has 0 fully saturated rings. The zero-order chi connectivity index (χ0) is 21.8. The minimum Gasteiger partial charge on any atom is -0.459 e. The first-order valence-corrected chi connectivity index (χ1v) is 12.2. The molecule has 0 aliphatic carbocycles. The van der Waals surface area contributed by atoms with Gasteiger partial charge in [0.2, 0.25) is 5.72 Å². The molecule has 2 aliphatic heterocycles. The molecule has 0 N–H and O–H groups in total. The topological polar surface area (TPSA) is 24.8 Å². The predicted molar refractivity (Wildman–Crippen MR) is 135 cm³/mol. The highest BCUT2D eigenvalue weighted by Gasteiger charge is 2.59. The third kappa shape index (κ3) is 2.75.